The van der Waals surface area contributed by atoms with E-state index >= 15 is 0 Å². The zero-order chi connectivity index (χ0) is 19.7. The van der Waals surface area contributed by atoms with Crippen molar-refractivity contribution in [3.8, 4) is 17.1 Å². The van der Waals surface area contributed by atoms with Crippen molar-refractivity contribution in [3.05, 3.63) is 94.0 Å². The van der Waals surface area contributed by atoms with Gasteiger partial charge in [0.1, 0.15) is 12.4 Å². The van der Waals surface area contributed by atoms with Crippen molar-refractivity contribution in [1.29, 1.82) is 0 Å². The van der Waals surface area contributed by atoms with Crippen LogP contribution >= 0.6 is 0 Å². The maximum atomic E-state index is 13.8. The SMILES string of the molecule is O=c1[nH]c(-c2ccccc2COc2ccc(F)c(F)c2F)nc2ccccc12. The zero-order valence-electron chi connectivity index (χ0n) is 14.4. The Bertz CT molecular complexity index is 1240. The Morgan fingerprint density at radius 2 is 1.64 bits per heavy atom. The second-order valence-corrected chi connectivity index (χ2v) is 6.05. The molecule has 28 heavy (non-hydrogen) atoms. The van der Waals surface area contributed by atoms with E-state index in [9.17, 15) is 18.0 Å². The number of ether oxygens (including phenoxy) is 1. The Labute approximate surface area is 157 Å². The van der Waals surface area contributed by atoms with E-state index in [0.717, 1.165) is 12.1 Å². The molecule has 1 N–H and O–H groups in total. The van der Waals surface area contributed by atoms with Crippen molar-refractivity contribution >= 4 is 10.9 Å². The van der Waals surface area contributed by atoms with Crippen molar-refractivity contribution < 1.29 is 17.9 Å². The summed E-state index contributed by atoms with van der Waals surface area (Å²) in [6.07, 6.45) is 0. The largest absolute Gasteiger partial charge is 0.486 e. The minimum absolute atomic E-state index is 0.130. The molecule has 3 aromatic carbocycles. The van der Waals surface area contributed by atoms with Gasteiger partial charge in [-0.25, -0.2) is 13.8 Å². The lowest BCUT2D eigenvalue weighted by Crippen LogP contribution is -2.10. The van der Waals surface area contributed by atoms with Gasteiger partial charge in [0.15, 0.2) is 17.4 Å². The first-order valence-corrected chi connectivity index (χ1v) is 8.38. The number of nitrogens with zero attached hydrogens (tertiary/aromatic N) is 1. The van der Waals surface area contributed by atoms with Crippen LogP contribution in [-0.2, 0) is 6.61 Å². The molecule has 4 nitrogen and oxygen atoms in total. The molecule has 0 saturated carbocycles. The molecule has 0 saturated heterocycles. The molecule has 1 heterocycles. The predicted molar refractivity (Wildman–Crippen MR) is 98.4 cm³/mol. The average molecular weight is 382 g/mol. The summed E-state index contributed by atoms with van der Waals surface area (Å²) >= 11 is 0. The van der Waals surface area contributed by atoms with Crippen LogP contribution in [0.5, 0.6) is 5.75 Å². The van der Waals surface area contributed by atoms with E-state index in [0.29, 0.717) is 27.9 Å². The van der Waals surface area contributed by atoms with Gasteiger partial charge in [0, 0.05) is 11.1 Å². The summed E-state index contributed by atoms with van der Waals surface area (Å²) in [5.74, 6) is -4.36. The minimum atomic E-state index is -1.59. The van der Waals surface area contributed by atoms with Gasteiger partial charge in [-0.1, -0.05) is 36.4 Å². The molecule has 0 amide bonds. The number of para-hydroxylation sites is 1. The highest BCUT2D eigenvalue weighted by Gasteiger charge is 2.16. The molecule has 0 spiro atoms. The van der Waals surface area contributed by atoms with E-state index in [1.807, 2.05) is 0 Å². The van der Waals surface area contributed by atoms with Crippen molar-refractivity contribution in [2.75, 3.05) is 0 Å². The number of aromatic nitrogens is 2. The third kappa shape index (κ3) is 3.22. The first-order valence-electron chi connectivity index (χ1n) is 8.38. The molecule has 0 aliphatic heterocycles. The molecule has 0 bridgehead atoms. The Morgan fingerprint density at radius 1 is 0.893 bits per heavy atom. The van der Waals surface area contributed by atoms with Gasteiger partial charge >= 0.3 is 0 Å². The second-order valence-electron chi connectivity index (χ2n) is 6.05. The molecule has 0 aliphatic rings. The number of aromatic amines is 1. The summed E-state index contributed by atoms with van der Waals surface area (Å²) < 4.78 is 45.6. The molecule has 7 heteroatoms. The highest BCUT2D eigenvalue weighted by Crippen LogP contribution is 2.25. The summed E-state index contributed by atoms with van der Waals surface area (Å²) in [7, 11) is 0. The monoisotopic (exact) mass is 382 g/mol. The van der Waals surface area contributed by atoms with Crippen molar-refractivity contribution in [2.24, 2.45) is 0 Å². The zero-order valence-corrected chi connectivity index (χ0v) is 14.4. The van der Waals surface area contributed by atoms with E-state index < -0.39 is 23.2 Å². The Balaban J connectivity index is 1.70. The van der Waals surface area contributed by atoms with Crippen LogP contribution in [0.3, 0.4) is 0 Å². The van der Waals surface area contributed by atoms with E-state index in [-0.39, 0.29) is 12.2 Å². The van der Waals surface area contributed by atoms with Gasteiger partial charge in [-0.15, -0.1) is 0 Å². The van der Waals surface area contributed by atoms with Crippen LogP contribution < -0.4 is 10.3 Å². The van der Waals surface area contributed by atoms with E-state index in [1.54, 1.807) is 48.5 Å². The maximum Gasteiger partial charge on any atom is 0.259 e. The second kappa shape index (κ2) is 7.19. The molecule has 4 aromatic rings. The van der Waals surface area contributed by atoms with Gasteiger partial charge in [-0.3, -0.25) is 4.79 Å². The number of benzene rings is 3. The highest BCUT2D eigenvalue weighted by atomic mass is 19.2. The first-order chi connectivity index (χ1) is 13.5. The molecule has 140 valence electrons. The third-order valence-electron chi connectivity index (χ3n) is 4.27. The quantitative estimate of drug-likeness (QED) is 0.526. The highest BCUT2D eigenvalue weighted by molar-refractivity contribution is 5.79. The van der Waals surface area contributed by atoms with E-state index in [4.69, 9.17) is 4.74 Å². The summed E-state index contributed by atoms with van der Waals surface area (Å²) in [6, 6.07) is 15.7. The average Bonchev–Trinajstić information content (AvgIpc) is 2.72. The lowest BCUT2D eigenvalue weighted by molar-refractivity contribution is 0.281. The number of rotatable bonds is 4. The van der Waals surface area contributed by atoms with Gasteiger partial charge in [0.05, 0.1) is 10.9 Å². The van der Waals surface area contributed by atoms with Crippen LogP contribution in [0.25, 0.3) is 22.3 Å². The molecule has 0 radical (unpaired) electrons. The Hall–Kier alpha value is -3.61. The number of fused-ring (bicyclic) bond motifs is 1. The Morgan fingerprint density at radius 3 is 2.50 bits per heavy atom. The molecular weight excluding hydrogens is 369 g/mol. The molecular formula is C21H13F3N2O2. The Kier molecular flexibility index (Phi) is 4.57. The molecule has 1 aromatic heterocycles. The summed E-state index contributed by atoms with van der Waals surface area (Å²) in [4.78, 5) is 19.5. The maximum absolute atomic E-state index is 13.8. The molecule has 0 aliphatic carbocycles. The molecule has 4 rings (SSSR count). The van der Waals surface area contributed by atoms with E-state index in [1.165, 1.54) is 0 Å². The standard InChI is InChI=1S/C21H13F3N2O2/c22-15-9-10-17(19(24)18(15)23)28-11-12-5-1-2-6-13(12)20-25-16-8-4-3-7-14(16)21(27)26-20/h1-10H,11H2,(H,25,26,27). The lowest BCUT2D eigenvalue weighted by atomic mass is 10.1. The minimum Gasteiger partial charge on any atom is -0.486 e. The van der Waals surface area contributed by atoms with Crippen LogP contribution in [0.4, 0.5) is 13.2 Å². The van der Waals surface area contributed by atoms with Gasteiger partial charge < -0.3 is 9.72 Å². The normalized spacial score (nSPS) is 11.0. The van der Waals surface area contributed by atoms with Crippen LogP contribution in [0.2, 0.25) is 0 Å². The van der Waals surface area contributed by atoms with Crippen LogP contribution in [0.15, 0.2) is 65.5 Å². The number of hydrogen-bond donors (Lipinski definition) is 1. The first kappa shape index (κ1) is 17.8. The summed E-state index contributed by atoms with van der Waals surface area (Å²) in [5.41, 5.74) is 1.41. The van der Waals surface area contributed by atoms with Gasteiger partial charge in [0.25, 0.3) is 5.56 Å². The molecule has 0 unspecified atom stereocenters. The van der Waals surface area contributed by atoms with Gasteiger partial charge in [-0.05, 0) is 24.3 Å². The topological polar surface area (TPSA) is 55.0 Å². The molecule has 0 fully saturated rings. The molecule has 0 atom stereocenters. The third-order valence-corrected chi connectivity index (χ3v) is 4.27. The fourth-order valence-corrected chi connectivity index (χ4v) is 2.87. The number of H-pyrrole nitrogens is 1. The predicted octanol–water partition coefficient (Wildman–Crippen LogP) is 4.59. The van der Waals surface area contributed by atoms with Gasteiger partial charge in [-0.2, -0.15) is 4.39 Å². The number of nitrogens with one attached hydrogen (secondary N) is 1. The summed E-state index contributed by atoms with van der Waals surface area (Å²) in [6.45, 7) is -0.130. The fraction of sp³-hybridized carbons (Fsp3) is 0.0476. The lowest BCUT2D eigenvalue weighted by Gasteiger charge is -2.12. The smallest absolute Gasteiger partial charge is 0.259 e. The fourth-order valence-electron chi connectivity index (χ4n) is 2.87. The van der Waals surface area contributed by atoms with Crippen molar-refractivity contribution in [3.63, 3.8) is 0 Å². The van der Waals surface area contributed by atoms with Crippen LogP contribution in [0.1, 0.15) is 5.56 Å². The number of hydrogen-bond acceptors (Lipinski definition) is 3. The van der Waals surface area contributed by atoms with Crippen LogP contribution in [0, 0.1) is 17.5 Å². The van der Waals surface area contributed by atoms with Crippen molar-refractivity contribution in [1.82, 2.24) is 9.97 Å². The van der Waals surface area contributed by atoms with Gasteiger partial charge in [0.2, 0.25) is 5.82 Å². The number of halogens is 3. The van der Waals surface area contributed by atoms with Crippen molar-refractivity contribution in [2.45, 2.75) is 6.61 Å². The summed E-state index contributed by atoms with van der Waals surface area (Å²) in [5, 5.41) is 0.462. The van der Waals surface area contributed by atoms with E-state index in [2.05, 4.69) is 9.97 Å². The van der Waals surface area contributed by atoms with Crippen LogP contribution in [-0.4, -0.2) is 9.97 Å².